The van der Waals surface area contributed by atoms with Crippen LogP contribution < -0.4 is 15.4 Å². The van der Waals surface area contributed by atoms with E-state index in [1.165, 1.54) is 17.1 Å². The monoisotopic (exact) mass is 562 g/mol. The molecule has 9 heteroatoms. The molecule has 0 bridgehead atoms. The Kier molecular flexibility index (Phi) is 8.85. The van der Waals surface area contributed by atoms with Gasteiger partial charge in [-0.05, 0) is 87.3 Å². The molecular weight excluding hydrogens is 528 g/mol. The number of carbonyl (C=O) groups is 3. The number of hydrogen-bond donors (Lipinski definition) is 2. The van der Waals surface area contributed by atoms with Crippen LogP contribution in [0.25, 0.3) is 21.8 Å². The van der Waals surface area contributed by atoms with Gasteiger partial charge in [0.1, 0.15) is 5.75 Å². The van der Waals surface area contributed by atoms with E-state index < -0.39 is 0 Å². The number of benzene rings is 2. The van der Waals surface area contributed by atoms with Gasteiger partial charge in [0.2, 0.25) is 5.91 Å². The summed E-state index contributed by atoms with van der Waals surface area (Å²) in [6.07, 6.45) is 8.84. The minimum absolute atomic E-state index is 0.0137. The molecule has 1 aliphatic heterocycles. The zero-order valence-electron chi connectivity index (χ0n) is 22.7. The summed E-state index contributed by atoms with van der Waals surface area (Å²) in [5.74, 6) is 0.732. The van der Waals surface area contributed by atoms with Gasteiger partial charge in [-0.15, -0.1) is 0 Å². The SMILES string of the molecule is COc1ccc2nc3cc(Cl)ccc3c(NCCCCCNC(=O)C3CCC(CN4C(=O)C=CC4=O)CC3)c2c1. The summed E-state index contributed by atoms with van der Waals surface area (Å²) >= 11 is 6.23. The van der Waals surface area contributed by atoms with Gasteiger partial charge in [0.05, 0.1) is 23.8 Å². The summed E-state index contributed by atoms with van der Waals surface area (Å²) in [6, 6.07) is 11.6. The molecule has 2 N–H and O–H groups in total. The number of halogens is 1. The lowest BCUT2D eigenvalue weighted by Gasteiger charge is -2.30. The van der Waals surface area contributed by atoms with Gasteiger partial charge in [-0.3, -0.25) is 19.3 Å². The number of hydrogen-bond acceptors (Lipinski definition) is 6. The summed E-state index contributed by atoms with van der Waals surface area (Å²) in [5, 5.41) is 9.40. The van der Waals surface area contributed by atoms with Crippen LogP contribution in [0.1, 0.15) is 44.9 Å². The Morgan fingerprint density at radius 2 is 1.70 bits per heavy atom. The Morgan fingerprint density at radius 1 is 0.950 bits per heavy atom. The van der Waals surface area contributed by atoms with Crippen molar-refractivity contribution < 1.29 is 19.1 Å². The lowest BCUT2D eigenvalue weighted by Crippen LogP contribution is -2.38. The summed E-state index contributed by atoms with van der Waals surface area (Å²) in [6.45, 7) is 1.92. The number of rotatable bonds is 11. The third-order valence-electron chi connectivity index (χ3n) is 7.96. The van der Waals surface area contributed by atoms with E-state index in [0.29, 0.717) is 18.1 Å². The number of ether oxygens (including phenoxy) is 1. The first-order valence-electron chi connectivity index (χ1n) is 14.0. The minimum atomic E-state index is -0.229. The van der Waals surface area contributed by atoms with Crippen molar-refractivity contribution in [1.29, 1.82) is 0 Å². The molecule has 0 atom stereocenters. The van der Waals surface area contributed by atoms with E-state index in [0.717, 1.165) is 84.7 Å². The normalized spacial score (nSPS) is 19.0. The van der Waals surface area contributed by atoms with Crippen molar-refractivity contribution in [1.82, 2.24) is 15.2 Å². The van der Waals surface area contributed by atoms with Gasteiger partial charge in [-0.2, -0.15) is 0 Å². The van der Waals surface area contributed by atoms with Gasteiger partial charge in [0.25, 0.3) is 11.8 Å². The molecular formula is C31H35ClN4O4. The van der Waals surface area contributed by atoms with Crippen LogP contribution in [-0.2, 0) is 14.4 Å². The first-order valence-corrected chi connectivity index (χ1v) is 14.4. The van der Waals surface area contributed by atoms with Crippen molar-refractivity contribution in [3.05, 3.63) is 53.6 Å². The number of imide groups is 1. The van der Waals surface area contributed by atoms with Crippen LogP contribution in [0.5, 0.6) is 5.75 Å². The van der Waals surface area contributed by atoms with Crippen molar-refractivity contribution in [2.45, 2.75) is 44.9 Å². The van der Waals surface area contributed by atoms with Gasteiger partial charge in [-0.25, -0.2) is 4.98 Å². The lowest BCUT2D eigenvalue weighted by molar-refractivity contribution is -0.138. The Morgan fingerprint density at radius 3 is 2.45 bits per heavy atom. The maximum absolute atomic E-state index is 12.7. The van der Waals surface area contributed by atoms with E-state index in [-0.39, 0.29) is 29.6 Å². The van der Waals surface area contributed by atoms with Gasteiger partial charge < -0.3 is 15.4 Å². The number of unbranched alkanes of at least 4 members (excludes halogenated alkanes) is 2. The molecule has 1 saturated carbocycles. The molecule has 0 unspecified atom stereocenters. The predicted molar refractivity (Wildman–Crippen MR) is 157 cm³/mol. The highest BCUT2D eigenvalue weighted by molar-refractivity contribution is 6.31. The number of nitrogens with one attached hydrogen (secondary N) is 2. The fourth-order valence-corrected chi connectivity index (χ4v) is 5.85. The van der Waals surface area contributed by atoms with Crippen LogP contribution in [0.4, 0.5) is 5.69 Å². The van der Waals surface area contributed by atoms with Crippen LogP contribution >= 0.6 is 11.6 Å². The van der Waals surface area contributed by atoms with E-state index in [1.807, 2.05) is 36.4 Å². The molecule has 1 aliphatic carbocycles. The van der Waals surface area contributed by atoms with Crippen molar-refractivity contribution in [2.75, 3.05) is 32.1 Å². The molecule has 3 amide bonds. The van der Waals surface area contributed by atoms with Crippen LogP contribution in [0.2, 0.25) is 5.02 Å². The van der Waals surface area contributed by atoms with Gasteiger partial charge in [0, 0.05) is 53.5 Å². The topological polar surface area (TPSA) is 101 Å². The highest BCUT2D eigenvalue weighted by Gasteiger charge is 2.31. The number of nitrogens with zero attached hydrogens (tertiary/aromatic N) is 2. The van der Waals surface area contributed by atoms with E-state index in [2.05, 4.69) is 10.6 Å². The maximum Gasteiger partial charge on any atom is 0.253 e. The average Bonchev–Trinajstić information content (AvgIpc) is 3.28. The molecule has 2 aliphatic rings. The molecule has 5 rings (SSSR count). The molecule has 0 spiro atoms. The summed E-state index contributed by atoms with van der Waals surface area (Å²) < 4.78 is 5.44. The van der Waals surface area contributed by atoms with Crippen molar-refractivity contribution in [3.63, 3.8) is 0 Å². The highest BCUT2D eigenvalue weighted by Crippen LogP contribution is 2.34. The number of amides is 3. The summed E-state index contributed by atoms with van der Waals surface area (Å²) in [7, 11) is 1.66. The lowest BCUT2D eigenvalue weighted by atomic mass is 9.81. The number of aromatic nitrogens is 1. The van der Waals surface area contributed by atoms with Gasteiger partial charge >= 0.3 is 0 Å². The van der Waals surface area contributed by atoms with E-state index >= 15 is 0 Å². The molecule has 210 valence electrons. The second-order valence-corrected chi connectivity index (χ2v) is 11.1. The number of pyridine rings is 1. The molecule has 8 nitrogen and oxygen atoms in total. The maximum atomic E-state index is 12.7. The fourth-order valence-electron chi connectivity index (χ4n) is 5.69. The average molecular weight is 563 g/mol. The summed E-state index contributed by atoms with van der Waals surface area (Å²) in [4.78, 5) is 42.4. The third-order valence-corrected chi connectivity index (χ3v) is 8.19. The smallest absolute Gasteiger partial charge is 0.253 e. The van der Waals surface area contributed by atoms with Crippen LogP contribution in [0.15, 0.2) is 48.6 Å². The number of fused-ring (bicyclic) bond motifs is 2. The van der Waals surface area contributed by atoms with E-state index in [1.54, 1.807) is 7.11 Å². The Balaban J connectivity index is 1.05. The first kappa shape index (κ1) is 27.9. The minimum Gasteiger partial charge on any atom is -0.497 e. The molecule has 1 fully saturated rings. The van der Waals surface area contributed by atoms with Crippen LogP contribution in [0.3, 0.4) is 0 Å². The van der Waals surface area contributed by atoms with Gasteiger partial charge in [-0.1, -0.05) is 11.6 Å². The number of carbonyl (C=O) groups excluding carboxylic acids is 3. The summed E-state index contributed by atoms with van der Waals surface area (Å²) in [5.41, 5.74) is 2.75. The van der Waals surface area contributed by atoms with E-state index in [9.17, 15) is 14.4 Å². The standard InChI is InChI=1S/C31H35ClN4O4/c1-40-23-10-12-26-25(18-23)30(24-11-9-22(32)17-27(24)35-26)33-15-3-2-4-16-34-31(39)21-7-5-20(6-8-21)19-36-28(37)13-14-29(36)38/h9-14,17-18,20-21H,2-8,15-16,19H2,1H3,(H,33,35)(H,34,39). The Hall–Kier alpha value is -3.65. The van der Waals surface area contributed by atoms with Crippen LogP contribution in [-0.4, -0.2) is 54.3 Å². The molecule has 1 aromatic heterocycles. The Bertz CT molecular complexity index is 1430. The zero-order valence-corrected chi connectivity index (χ0v) is 23.5. The Labute approximate surface area is 239 Å². The van der Waals surface area contributed by atoms with Crippen molar-refractivity contribution in [3.8, 4) is 5.75 Å². The fraction of sp³-hybridized carbons (Fsp3) is 0.419. The number of anilines is 1. The molecule has 2 aromatic carbocycles. The van der Waals surface area contributed by atoms with Crippen molar-refractivity contribution >= 4 is 56.8 Å². The molecule has 3 aromatic rings. The van der Waals surface area contributed by atoms with Crippen molar-refractivity contribution in [2.24, 2.45) is 11.8 Å². The predicted octanol–water partition coefficient (Wildman–Crippen LogP) is 5.48. The second-order valence-electron chi connectivity index (χ2n) is 10.6. The quantitative estimate of drug-likeness (QED) is 0.182. The zero-order chi connectivity index (χ0) is 28.1. The van der Waals surface area contributed by atoms with Gasteiger partial charge in [0.15, 0.2) is 0 Å². The first-order chi connectivity index (χ1) is 19.4. The number of methoxy groups -OCH3 is 1. The molecule has 2 heterocycles. The van der Waals surface area contributed by atoms with Crippen LogP contribution in [0, 0.1) is 11.8 Å². The molecule has 0 saturated heterocycles. The largest absolute Gasteiger partial charge is 0.497 e. The highest BCUT2D eigenvalue weighted by atomic mass is 35.5. The molecule has 40 heavy (non-hydrogen) atoms. The van der Waals surface area contributed by atoms with E-state index in [4.69, 9.17) is 21.3 Å². The second kappa shape index (κ2) is 12.7. The molecule has 0 radical (unpaired) electrons. The third kappa shape index (κ3) is 6.39.